The quantitative estimate of drug-likeness (QED) is 0.584. The van der Waals surface area contributed by atoms with Crippen molar-refractivity contribution in [2.75, 3.05) is 0 Å². The molecule has 1 saturated carbocycles. The molecule has 0 aromatic carbocycles. The van der Waals surface area contributed by atoms with Crippen molar-refractivity contribution in [1.82, 2.24) is 5.32 Å². The topological polar surface area (TPSA) is 92.4 Å². The van der Waals surface area contributed by atoms with Gasteiger partial charge in [0.05, 0.1) is 6.42 Å². The molecule has 15 heavy (non-hydrogen) atoms. The van der Waals surface area contributed by atoms with Crippen LogP contribution < -0.4 is 11.1 Å². The Bertz CT molecular complexity index is 249. The van der Waals surface area contributed by atoms with E-state index in [1.165, 1.54) is 0 Å². The number of carbonyl (C=O) groups is 2. The number of hydrogen-bond acceptors (Lipinski definition) is 3. The van der Waals surface area contributed by atoms with Crippen molar-refractivity contribution in [3.8, 4) is 0 Å². The molecule has 0 spiro atoms. The normalized spacial score (nSPS) is 19.3. The maximum Gasteiger partial charge on any atom is 0.305 e. The van der Waals surface area contributed by atoms with Gasteiger partial charge in [-0.1, -0.05) is 0 Å². The van der Waals surface area contributed by atoms with Gasteiger partial charge in [-0.15, -0.1) is 0 Å². The van der Waals surface area contributed by atoms with Crippen molar-refractivity contribution in [3.63, 3.8) is 0 Å². The number of carboxylic acid groups (broad SMARTS) is 1. The molecule has 0 aromatic rings. The van der Waals surface area contributed by atoms with E-state index in [1.54, 1.807) is 6.92 Å². The van der Waals surface area contributed by atoms with E-state index in [0.29, 0.717) is 5.92 Å². The van der Waals surface area contributed by atoms with E-state index in [4.69, 9.17) is 10.8 Å². The number of aliphatic carboxylic acids is 1. The molecular formula is C10H18N2O3. The zero-order valence-corrected chi connectivity index (χ0v) is 8.90. The summed E-state index contributed by atoms with van der Waals surface area (Å²) >= 11 is 0. The predicted molar refractivity (Wildman–Crippen MR) is 55.2 cm³/mol. The third-order valence-corrected chi connectivity index (χ3v) is 2.44. The molecule has 5 nitrogen and oxygen atoms in total. The minimum atomic E-state index is -0.868. The Hall–Kier alpha value is -1.10. The van der Waals surface area contributed by atoms with Crippen LogP contribution in [0.2, 0.25) is 0 Å². The number of carboxylic acids is 1. The second kappa shape index (κ2) is 5.11. The lowest BCUT2D eigenvalue weighted by Crippen LogP contribution is -2.40. The largest absolute Gasteiger partial charge is 0.481 e. The summed E-state index contributed by atoms with van der Waals surface area (Å²) in [5.41, 5.74) is 5.48. The van der Waals surface area contributed by atoms with Crippen molar-refractivity contribution in [3.05, 3.63) is 0 Å². The van der Waals surface area contributed by atoms with E-state index in [1.807, 2.05) is 0 Å². The van der Waals surface area contributed by atoms with Crippen molar-refractivity contribution in [2.45, 2.75) is 44.7 Å². The van der Waals surface area contributed by atoms with Crippen LogP contribution >= 0.6 is 0 Å². The lowest BCUT2D eigenvalue weighted by Gasteiger charge is -2.16. The van der Waals surface area contributed by atoms with E-state index in [-0.39, 0.29) is 30.8 Å². The Morgan fingerprint density at radius 3 is 2.47 bits per heavy atom. The second-order valence-electron chi connectivity index (χ2n) is 4.29. The van der Waals surface area contributed by atoms with Gasteiger partial charge in [-0.25, -0.2) is 0 Å². The van der Waals surface area contributed by atoms with Crippen LogP contribution in [0.4, 0.5) is 0 Å². The molecule has 0 heterocycles. The summed E-state index contributed by atoms with van der Waals surface area (Å²) in [5.74, 6) is -0.672. The van der Waals surface area contributed by atoms with Gasteiger partial charge in [0.25, 0.3) is 0 Å². The molecule has 1 amide bonds. The summed E-state index contributed by atoms with van der Waals surface area (Å²) in [6, 6.07) is -0.400. The van der Waals surface area contributed by atoms with E-state index in [2.05, 4.69) is 5.32 Å². The van der Waals surface area contributed by atoms with E-state index in [9.17, 15) is 9.59 Å². The van der Waals surface area contributed by atoms with Gasteiger partial charge in [-0.2, -0.15) is 0 Å². The van der Waals surface area contributed by atoms with Crippen LogP contribution in [-0.2, 0) is 9.59 Å². The first-order valence-corrected chi connectivity index (χ1v) is 5.25. The minimum absolute atomic E-state index is 0.00928. The van der Waals surface area contributed by atoms with Crippen LogP contribution in [0.3, 0.4) is 0 Å². The minimum Gasteiger partial charge on any atom is -0.481 e. The molecule has 0 radical (unpaired) electrons. The molecule has 5 heteroatoms. The molecule has 1 aliphatic carbocycles. The highest BCUT2D eigenvalue weighted by molar-refractivity contribution is 5.78. The first-order valence-electron chi connectivity index (χ1n) is 5.25. The average Bonchev–Trinajstić information content (AvgIpc) is 2.81. The maximum absolute atomic E-state index is 11.4. The summed E-state index contributed by atoms with van der Waals surface area (Å²) in [5, 5.41) is 11.4. The van der Waals surface area contributed by atoms with Crippen molar-refractivity contribution < 1.29 is 14.7 Å². The summed E-state index contributed by atoms with van der Waals surface area (Å²) in [6.07, 6.45) is 2.28. The summed E-state index contributed by atoms with van der Waals surface area (Å²) in [6.45, 7) is 1.75. The fourth-order valence-corrected chi connectivity index (χ4v) is 1.58. The van der Waals surface area contributed by atoms with Gasteiger partial charge in [0.1, 0.15) is 0 Å². The highest BCUT2D eigenvalue weighted by atomic mass is 16.4. The molecule has 86 valence electrons. The Morgan fingerprint density at radius 1 is 1.47 bits per heavy atom. The van der Waals surface area contributed by atoms with Gasteiger partial charge in [-0.3, -0.25) is 9.59 Å². The highest BCUT2D eigenvalue weighted by Crippen LogP contribution is 2.34. The maximum atomic E-state index is 11.4. The molecule has 0 aliphatic heterocycles. The average molecular weight is 214 g/mol. The molecule has 2 unspecified atom stereocenters. The molecule has 1 aliphatic rings. The zero-order chi connectivity index (χ0) is 11.4. The smallest absolute Gasteiger partial charge is 0.305 e. The molecule has 2 atom stereocenters. The van der Waals surface area contributed by atoms with Crippen LogP contribution in [0.25, 0.3) is 0 Å². The molecule has 0 aromatic heterocycles. The monoisotopic (exact) mass is 214 g/mol. The lowest BCUT2D eigenvalue weighted by atomic mass is 10.1. The molecule has 4 N–H and O–H groups in total. The van der Waals surface area contributed by atoms with Gasteiger partial charge in [0.2, 0.25) is 5.91 Å². The van der Waals surface area contributed by atoms with Crippen LogP contribution in [0.1, 0.15) is 32.6 Å². The molecule has 1 rings (SSSR count). The van der Waals surface area contributed by atoms with Crippen LogP contribution in [0.15, 0.2) is 0 Å². The molecule has 0 saturated heterocycles. The third kappa shape index (κ3) is 4.78. The Morgan fingerprint density at radius 2 is 2.07 bits per heavy atom. The Balaban J connectivity index is 2.36. The van der Waals surface area contributed by atoms with Crippen molar-refractivity contribution >= 4 is 11.9 Å². The number of nitrogens with two attached hydrogens (primary N) is 1. The lowest BCUT2D eigenvalue weighted by molar-refractivity contribution is -0.137. The van der Waals surface area contributed by atoms with E-state index >= 15 is 0 Å². The number of hydrogen-bond donors (Lipinski definition) is 3. The van der Waals surface area contributed by atoms with Crippen molar-refractivity contribution in [2.24, 2.45) is 11.7 Å². The zero-order valence-electron chi connectivity index (χ0n) is 8.90. The highest BCUT2D eigenvalue weighted by Gasteiger charge is 2.33. The van der Waals surface area contributed by atoms with Gasteiger partial charge in [0.15, 0.2) is 0 Å². The summed E-state index contributed by atoms with van der Waals surface area (Å²) in [7, 11) is 0. The van der Waals surface area contributed by atoms with E-state index < -0.39 is 5.97 Å². The first-order chi connectivity index (χ1) is 6.99. The number of nitrogens with one attached hydrogen (secondary N) is 1. The predicted octanol–water partition coefficient (Wildman–Crippen LogP) is 0.0932. The standard InChI is InChI=1S/C10H18N2O3/c1-6(11)4-9(13)12-8(5-10(14)15)7-2-3-7/h6-8H,2-5,11H2,1H3,(H,12,13)(H,14,15). The fourth-order valence-electron chi connectivity index (χ4n) is 1.58. The Labute approximate surface area is 89.0 Å². The molecular weight excluding hydrogens is 196 g/mol. The third-order valence-electron chi connectivity index (χ3n) is 2.44. The fraction of sp³-hybridized carbons (Fsp3) is 0.800. The van der Waals surface area contributed by atoms with E-state index in [0.717, 1.165) is 12.8 Å². The first kappa shape index (κ1) is 12.0. The van der Waals surface area contributed by atoms with Gasteiger partial charge >= 0.3 is 5.97 Å². The van der Waals surface area contributed by atoms with Gasteiger partial charge < -0.3 is 16.2 Å². The summed E-state index contributed by atoms with van der Waals surface area (Å²) < 4.78 is 0. The number of amides is 1. The number of carbonyl (C=O) groups excluding carboxylic acids is 1. The summed E-state index contributed by atoms with van der Waals surface area (Å²) in [4.78, 5) is 22.0. The SMILES string of the molecule is CC(N)CC(=O)NC(CC(=O)O)C1CC1. The van der Waals surface area contributed by atoms with Crippen LogP contribution in [0, 0.1) is 5.92 Å². The van der Waals surface area contributed by atoms with Crippen LogP contribution in [-0.4, -0.2) is 29.1 Å². The second-order valence-corrected chi connectivity index (χ2v) is 4.29. The Kier molecular flexibility index (Phi) is 4.08. The number of rotatable bonds is 6. The van der Waals surface area contributed by atoms with Crippen molar-refractivity contribution in [1.29, 1.82) is 0 Å². The molecule has 0 bridgehead atoms. The molecule has 1 fully saturated rings. The van der Waals surface area contributed by atoms with Crippen LogP contribution in [0.5, 0.6) is 0 Å². The van der Waals surface area contributed by atoms with Gasteiger partial charge in [-0.05, 0) is 25.7 Å². The van der Waals surface area contributed by atoms with Gasteiger partial charge in [0, 0.05) is 18.5 Å².